The third kappa shape index (κ3) is 12.1. The molecule has 0 bridgehead atoms. The van der Waals surface area contributed by atoms with Gasteiger partial charge < -0.3 is 15.3 Å². The molecule has 0 amide bonds. The van der Waals surface area contributed by atoms with Crippen molar-refractivity contribution in [1.82, 2.24) is 0 Å². The first kappa shape index (κ1) is 31.3. The van der Waals surface area contributed by atoms with E-state index in [0.29, 0.717) is 17.7 Å². The molecule has 30 heavy (non-hydrogen) atoms. The van der Waals surface area contributed by atoms with E-state index in [1.165, 1.54) is 0 Å². The summed E-state index contributed by atoms with van der Waals surface area (Å²) >= 11 is 1.06. The van der Waals surface area contributed by atoms with Crippen LogP contribution in [0.2, 0.25) is 0 Å². The minimum absolute atomic E-state index is 0.0498. The number of aromatic hydroxyl groups is 1. The van der Waals surface area contributed by atoms with Gasteiger partial charge in [0.05, 0.1) is 12.6 Å². The fourth-order valence-electron chi connectivity index (χ4n) is 2.46. The van der Waals surface area contributed by atoms with E-state index < -0.39 is 10.8 Å². The summed E-state index contributed by atoms with van der Waals surface area (Å²) in [6.45, 7) is 14.5. The summed E-state index contributed by atoms with van der Waals surface area (Å²) in [5.41, 5.74) is 2.44. The van der Waals surface area contributed by atoms with E-state index in [9.17, 15) is 14.4 Å². The molecule has 0 saturated heterocycles. The number of hydrogen-bond acceptors (Lipinski definition) is 6. The van der Waals surface area contributed by atoms with Gasteiger partial charge in [-0.1, -0.05) is 47.6 Å². The summed E-state index contributed by atoms with van der Waals surface area (Å²) in [4.78, 5) is 4.42. The van der Waals surface area contributed by atoms with Crippen LogP contribution >= 0.6 is 0 Å². The summed E-state index contributed by atoms with van der Waals surface area (Å²) in [5.74, 6) is 0.740. The Balaban J connectivity index is 0. The Labute approximate surface area is 193 Å². The molecule has 2 atom stereocenters. The molecule has 0 radical (unpaired) electrons. The van der Waals surface area contributed by atoms with Crippen LogP contribution in [0.25, 0.3) is 0 Å². The van der Waals surface area contributed by atoms with Gasteiger partial charge in [0.25, 0.3) is 0 Å². The Bertz CT molecular complexity index is 681. The second-order valence-corrected chi connectivity index (χ2v) is 10.5. The van der Waals surface area contributed by atoms with Crippen LogP contribution in [-0.2, 0) is 42.7 Å². The number of rotatable bonds is 6. The molecular formula is C22H39NO5SV. The number of aliphatic hydroxyl groups is 2. The number of phenolic OH excluding ortho intramolecular Hbond substituents is 1. The second-order valence-electron chi connectivity index (χ2n) is 8.96. The van der Waals surface area contributed by atoms with Gasteiger partial charge in [-0.15, -0.1) is 0 Å². The van der Waals surface area contributed by atoms with Gasteiger partial charge in [-0.3, -0.25) is 9.20 Å². The summed E-state index contributed by atoms with van der Waals surface area (Å²) < 4.78 is 19.4. The molecule has 0 aliphatic carbocycles. The van der Waals surface area contributed by atoms with E-state index in [1.807, 2.05) is 6.07 Å². The Kier molecular flexibility index (Phi) is 15.7. The molecule has 0 fully saturated rings. The molecule has 173 valence electrons. The molecule has 3 N–H and O–H groups in total. The summed E-state index contributed by atoms with van der Waals surface area (Å²) in [6, 6.07) is 3.72. The van der Waals surface area contributed by atoms with Crippen LogP contribution in [0.5, 0.6) is 5.75 Å². The average molecular weight is 481 g/mol. The minimum atomic E-state index is -0.905. The molecule has 0 aliphatic rings. The Hall–Kier alpha value is -0.856. The third-order valence-electron chi connectivity index (χ3n) is 4.19. The van der Waals surface area contributed by atoms with E-state index in [2.05, 4.69) is 52.6 Å². The third-order valence-corrected chi connectivity index (χ3v) is 5.00. The van der Waals surface area contributed by atoms with Crippen LogP contribution in [0.3, 0.4) is 0 Å². The number of nitrogens with zero attached hydrogens (tertiary/aromatic N) is 1. The van der Waals surface area contributed by atoms with Crippen molar-refractivity contribution in [2.24, 2.45) is 4.99 Å². The van der Waals surface area contributed by atoms with E-state index >= 15 is 0 Å². The average Bonchev–Trinajstić information content (AvgIpc) is 2.63. The van der Waals surface area contributed by atoms with Crippen LogP contribution in [0.4, 0.5) is 0 Å². The van der Waals surface area contributed by atoms with E-state index in [1.54, 1.807) is 19.4 Å². The zero-order valence-electron chi connectivity index (χ0n) is 19.6. The standard InChI is InChI=1S/C20H33NO3S.C2H6O.O.V/c1-19(2,3)15-10-14(18(23)17(11-15)20(4,5)6)12-21-16(13-22)8-9-25(7)24;1-2-3;;/h10-12,16,22-23H,8-9,13H2,1-7H3;3H,2H2,1H3;;/t16-,25?;;;/m0.../s1. The van der Waals surface area contributed by atoms with Crippen molar-refractivity contribution in [3.8, 4) is 5.75 Å². The van der Waals surface area contributed by atoms with Crippen molar-refractivity contribution in [2.75, 3.05) is 25.2 Å². The topological polar surface area (TPSA) is 107 Å². The fraction of sp³-hybridized carbons (Fsp3) is 0.682. The molecule has 1 unspecified atom stereocenters. The molecule has 0 heterocycles. The number of aliphatic imine (C=N–C) groups is 1. The molecule has 8 heteroatoms. The van der Waals surface area contributed by atoms with Crippen LogP contribution in [-0.4, -0.2) is 57.0 Å². The number of hydrogen-bond donors (Lipinski definition) is 3. The Morgan fingerprint density at radius 3 is 1.97 bits per heavy atom. The SMILES string of the molecule is CCO.CS(=O)CC[C@@H](CO)N=Cc1cc(C(C)(C)C)cc(C(C)(C)C)c1O.[O]=[V]. The van der Waals surface area contributed by atoms with Crippen molar-refractivity contribution < 1.29 is 40.6 Å². The molecule has 1 aromatic carbocycles. The van der Waals surface area contributed by atoms with Crippen LogP contribution < -0.4 is 0 Å². The van der Waals surface area contributed by atoms with Gasteiger partial charge in [-0.2, -0.15) is 0 Å². The number of benzene rings is 1. The summed E-state index contributed by atoms with van der Waals surface area (Å²) in [7, 11) is -0.905. The molecule has 0 aromatic heterocycles. The predicted molar refractivity (Wildman–Crippen MR) is 121 cm³/mol. The predicted octanol–water partition coefficient (Wildman–Crippen LogP) is 3.41. The Morgan fingerprint density at radius 1 is 1.10 bits per heavy atom. The monoisotopic (exact) mass is 480 g/mol. The van der Waals surface area contributed by atoms with Gasteiger partial charge in [0, 0.05) is 46.8 Å². The van der Waals surface area contributed by atoms with Gasteiger partial charge in [-0.05, 0) is 35.8 Å². The van der Waals surface area contributed by atoms with Crippen molar-refractivity contribution >= 4 is 17.0 Å². The molecule has 6 nitrogen and oxygen atoms in total. The molecule has 0 spiro atoms. The molecular weight excluding hydrogens is 441 g/mol. The first-order valence-corrected chi connectivity index (χ1v) is 12.2. The van der Waals surface area contributed by atoms with E-state index in [4.69, 9.17) is 8.78 Å². The van der Waals surface area contributed by atoms with Crippen LogP contribution in [0.1, 0.15) is 71.6 Å². The van der Waals surface area contributed by atoms with Crippen LogP contribution in [0, 0.1) is 0 Å². The summed E-state index contributed by atoms with van der Waals surface area (Å²) in [6.07, 6.45) is 3.84. The van der Waals surface area contributed by atoms with Gasteiger partial charge in [-0.25, -0.2) is 0 Å². The van der Waals surface area contributed by atoms with E-state index in [0.717, 1.165) is 28.5 Å². The second kappa shape index (κ2) is 15.0. The number of aliphatic hydroxyl groups excluding tert-OH is 2. The maximum absolute atomic E-state index is 11.2. The van der Waals surface area contributed by atoms with Gasteiger partial charge in [0.2, 0.25) is 0 Å². The first-order chi connectivity index (χ1) is 13.8. The quantitative estimate of drug-likeness (QED) is 0.541. The molecule has 0 aliphatic heterocycles. The maximum atomic E-state index is 11.2. The van der Waals surface area contributed by atoms with Crippen molar-refractivity contribution in [3.05, 3.63) is 28.8 Å². The molecule has 1 aromatic rings. The van der Waals surface area contributed by atoms with Crippen molar-refractivity contribution in [1.29, 1.82) is 0 Å². The number of phenols is 1. The first-order valence-electron chi connectivity index (χ1n) is 9.89. The van der Waals surface area contributed by atoms with Gasteiger partial charge >= 0.3 is 21.0 Å². The fourth-order valence-corrected chi connectivity index (χ4v) is 3.06. The molecule has 1 rings (SSSR count). The van der Waals surface area contributed by atoms with Gasteiger partial charge in [0.15, 0.2) is 0 Å². The molecule has 0 saturated carbocycles. The zero-order chi connectivity index (χ0) is 24.1. The zero-order valence-corrected chi connectivity index (χ0v) is 21.8. The van der Waals surface area contributed by atoms with Crippen LogP contribution in [0.15, 0.2) is 17.1 Å². The Morgan fingerprint density at radius 2 is 1.60 bits per heavy atom. The van der Waals surface area contributed by atoms with E-state index in [-0.39, 0.29) is 35.8 Å². The summed E-state index contributed by atoms with van der Waals surface area (Å²) in [5, 5.41) is 27.8. The normalized spacial score (nSPS) is 13.6. The van der Waals surface area contributed by atoms with Crippen molar-refractivity contribution in [2.45, 2.75) is 71.8 Å². The van der Waals surface area contributed by atoms with Crippen molar-refractivity contribution in [3.63, 3.8) is 0 Å². The van der Waals surface area contributed by atoms with Gasteiger partial charge in [0.1, 0.15) is 5.75 Å².